The molecule has 0 aliphatic heterocycles. The minimum absolute atomic E-state index is 0.0622. The second-order valence-electron chi connectivity index (χ2n) is 5.27. The predicted octanol–water partition coefficient (Wildman–Crippen LogP) is 3.74. The lowest BCUT2D eigenvalue weighted by Crippen LogP contribution is -2.38. The zero-order valence-corrected chi connectivity index (χ0v) is 11.9. The molecule has 0 radical (unpaired) electrons. The van der Waals surface area contributed by atoms with Crippen LogP contribution >= 0.6 is 11.6 Å². The molecule has 104 valence electrons. The van der Waals surface area contributed by atoms with Crippen LogP contribution in [-0.4, -0.2) is 17.1 Å². The Morgan fingerprint density at radius 1 is 1.47 bits per heavy atom. The lowest BCUT2D eigenvalue weighted by atomic mass is 9.84. The van der Waals surface area contributed by atoms with E-state index in [2.05, 4.69) is 12.2 Å². The largest absolute Gasteiger partial charge is 0.507 e. The number of benzene rings is 1. The van der Waals surface area contributed by atoms with Crippen LogP contribution < -0.4 is 5.32 Å². The highest BCUT2D eigenvalue weighted by atomic mass is 35.5. The molecular formula is C15H20ClNO2. The number of aromatic hydroxyl groups is 1. The van der Waals surface area contributed by atoms with Crippen molar-refractivity contribution in [2.75, 3.05) is 0 Å². The fourth-order valence-corrected chi connectivity index (χ4v) is 2.92. The smallest absolute Gasteiger partial charge is 0.255 e. The third kappa shape index (κ3) is 3.63. The summed E-state index contributed by atoms with van der Waals surface area (Å²) in [6.07, 6.45) is 5.65. The molecule has 2 rings (SSSR count). The van der Waals surface area contributed by atoms with Crippen molar-refractivity contribution >= 4 is 17.5 Å². The van der Waals surface area contributed by atoms with Gasteiger partial charge in [-0.3, -0.25) is 4.79 Å². The number of amides is 1. The van der Waals surface area contributed by atoms with Crippen molar-refractivity contribution in [3.63, 3.8) is 0 Å². The molecule has 3 nitrogen and oxygen atoms in total. The number of halogens is 1. The highest BCUT2D eigenvalue weighted by Crippen LogP contribution is 2.27. The van der Waals surface area contributed by atoms with Crippen LogP contribution in [0.15, 0.2) is 18.2 Å². The normalized spacial score (nSPS) is 23.1. The summed E-state index contributed by atoms with van der Waals surface area (Å²) in [6.45, 7) is 2.19. The van der Waals surface area contributed by atoms with Crippen molar-refractivity contribution in [3.05, 3.63) is 28.8 Å². The van der Waals surface area contributed by atoms with Gasteiger partial charge in [0.2, 0.25) is 0 Å². The second-order valence-corrected chi connectivity index (χ2v) is 5.71. The minimum atomic E-state index is -0.212. The Hall–Kier alpha value is -1.22. The molecule has 1 aliphatic rings. The Balaban J connectivity index is 2.00. The molecule has 2 unspecified atom stereocenters. The Bertz CT molecular complexity index is 461. The Morgan fingerprint density at radius 2 is 2.26 bits per heavy atom. The molecule has 2 N–H and O–H groups in total. The summed E-state index contributed by atoms with van der Waals surface area (Å²) < 4.78 is 0. The van der Waals surface area contributed by atoms with Crippen molar-refractivity contribution in [1.29, 1.82) is 0 Å². The molecule has 0 spiro atoms. The summed E-state index contributed by atoms with van der Waals surface area (Å²) in [5, 5.41) is 13.2. The molecule has 0 saturated heterocycles. The SMILES string of the molecule is CCC1CCCC(NC(=O)c2ccc(Cl)cc2O)C1. The van der Waals surface area contributed by atoms with Gasteiger partial charge in [0, 0.05) is 11.1 Å². The first kappa shape index (κ1) is 14.2. The first-order chi connectivity index (χ1) is 9.10. The Kier molecular flexibility index (Phi) is 4.70. The van der Waals surface area contributed by atoms with Crippen LogP contribution in [0.4, 0.5) is 0 Å². The van der Waals surface area contributed by atoms with E-state index >= 15 is 0 Å². The van der Waals surface area contributed by atoms with E-state index in [9.17, 15) is 9.90 Å². The topological polar surface area (TPSA) is 49.3 Å². The molecule has 1 aromatic rings. The highest BCUT2D eigenvalue weighted by Gasteiger charge is 2.23. The summed E-state index contributed by atoms with van der Waals surface area (Å²) in [4.78, 5) is 12.1. The summed E-state index contributed by atoms with van der Waals surface area (Å²) in [7, 11) is 0. The summed E-state index contributed by atoms with van der Waals surface area (Å²) in [6, 6.07) is 4.80. The van der Waals surface area contributed by atoms with Crippen LogP contribution in [0.25, 0.3) is 0 Å². The third-order valence-corrected chi connectivity index (χ3v) is 4.13. The second kappa shape index (κ2) is 6.29. The molecule has 1 fully saturated rings. The number of hydrogen-bond acceptors (Lipinski definition) is 2. The van der Waals surface area contributed by atoms with Gasteiger partial charge in [-0.2, -0.15) is 0 Å². The zero-order valence-electron chi connectivity index (χ0n) is 11.2. The summed E-state index contributed by atoms with van der Waals surface area (Å²) >= 11 is 5.76. The average Bonchev–Trinajstić information content (AvgIpc) is 2.38. The van der Waals surface area contributed by atoms with Crippen molar-refractivity contribution in [2.45, 2.75) is 45.1 Å². The van der Waals surface area contributed by atoms with Crippen LogP contribution in [0.3, 0.4) is 0 Å². The van der Waals surface area contributed by atoms with E-state index in [0.717, 1.165) is 19.3 Å². The quantitative estimate of drug-likeness (QED) is 0.887. The first-order valence-corrected chi connectivity index (χ1v) is 7.27. The van der Waals surface area contributed by atoms with E-state index in [1.165, 1.54) is 18.9 Å². The number of hydrogen-bond donors (Lipinski definition) is 2. The average molecular weight is 282 g/mol. The molecule has 0 heterocycles. The lowest BCUT2D eigenvalue weighted by Gasteiger charge is -2.29. The fraction of sp³-hybridized carbons (Fsp3) is 0.533. The molecule has 2 atom stereocenters. The van der Waals surface area contributed by atoms with Crippen LogP contribution in [0.2, 0.25) is 5.02 Å². The van der Waals surface area contributed by atoms with Crippen LogP contribution in [0.5, 0.6) is 5.75 Å². The number of phenols is 1. The number of phenolic OH excluding ortho intramolecular Hbond substituents is 1. The molecule has 19 heavy (non-hydrogen) atoms. The zero-order chi connectivity index (χ0) is 13.8. The molecule has 0 bridgehead atoms. The molecular weight excluding hydrogens is 262 g/mol. The maximum Gasteiger partial charge on any atom is 0.255 e. The Labute approximate surface area is 119 Å². The van der Waals surface area contributed by atoms with Crippen LogP contribution in [-0.2, 0) is 0 Å². The van der Waals surface area contributed by atoms with Gasteiger partial charge in [0.05, 0.1) is 5.56 Å². The van der Waals surface area contributed by atoms with Crippen molar-refractivity contribution in [2.24, 2.45) is 5.92 Å². The van der Waals surface area contributed by atoms with E-state index in [4.69, 9.17) is 11.6 Å². The number of nitrogens with one attached hydrogen (secondary N) is 1. The third-order valence-electron chi connectivity index (χ3n) is 3.90. The van der Waals surface area contributed by atoms with Gasteiger partial charge in [-0.15, -0.1) is 0 Å². The van der Waals surface area contributed by atoms with Crippen molar-refractivity contribution in [3.8, 4) is 5.75 Å². The van der Waals surface area contributed by atoms with Gasteiger partial charge in [0.1, 0.15) is 5.75 Å². The van der Waals surface area contributed by atoms with E-state index < -0.39 is 0 Å². The highest BCUT2D eigenvalue weighted by molar-refractivity contribution is 6.30. The number of rotatable bonds is 3. The number of carbonyl (C=O) groups excluding carboxylic acids is 1. The van der Waals surface area contributed by atoms with Gasteiger partial charge in [-0.1, -0.05) is 37.8 Å². The minimum Gasteiger partial charge on any atom is -0.507 e. The summed E-state index contributed by atoms with van der Waals surface area (Å²) in [5.41, 5.74) is 0.294. The van der Waals surface area contributed by atoms with E-state index in [0.29, 0.717) is 16.5 Å². The van der Waals surface area contributed by atoms with Gasteiger partial charge in [0.15, 0.2) is 0 Å². The van der Waals surface area contributed by atoms with Crippen LogP contribution in [0, 0.1) is 5.92 Å². The molecule has 4 heteroatoms. The van der Waals surface area contributed by atoms with Gasteiger partial charge < -0.3 is 10.4 Å². The molecule has 1 aliphatic carbocycles. The first-order valence-electron chi connectivity index (χ1n) is 6.89. The molecule has 1 saturated carbocycles. The van der Waals surface area contributed by atoms with Gasteiger partial charge in [0.25, 0.3) is 5.91 Å². The van der Waals surface area contributed by atoms with E-state index in [1.54, 1.807) is 12.1 Å². The molecule has 1 amide bonds. The van der Waals surface area contributed by atoms with Crippen molar-refractivity contribution < 1.29 is 9.90 Å². The Morgan fingerprint density at radius 3 is 2.95 bits per heavy atom. The standard InChI is InChI=1S/C15H20ClNO2/c1-2-10-4-3-5-12(8-10)17-15(19)13-7-6-11(16)9-14(13)18/h6-7,9-10,12,18H,2-5,8H2,1H3,(H,17,19). The summed E-state index contributed by atoms with van der Waals surface area (Å²) in [5.74, 6) is 0.432. The predicted molar refractivity (Wildman–Crippen MR) is 76.6 cm³/mol. The van der Waals surface area contributed by atoms with Gasteiger partial charge in [-0.25, -0.2) is 0 Å². The maximum atomic E-state index is 12.1. The van der Waals surface area contributed by atoms with Gasteiger partial charge in [-0.05, 0) is 37.0 Å². The lowest BCUT2D eigenvalue weighted by molar-refractivity contribution is 0.0916. The monoisotopic (exact) mass is 281 g/mol. The van der Waals surface area contributed by atoms with E-state index in [-0.39, 0.29) is 17.7 Å². The van der Waals surface area contributed by atoms with Crippen molar-refractivity contribution in [1.82, 2.24) is 5.32 Å². The van der Waals surface area contributed by atoms with Gasteiger partial charge >= 0.3 is 0 Å². The number of carbonyl (C=O) groups is 1. The fourth-order valence-electron chi connectivity index (χ4n) is 2.75. The molecule has 0 aromatic heterocycles. The van der Waals surface area contributed by atoms with Crippen LogP contribution in [0.1, 0.15) is 49.4 Å². The molecule has 1 aromatic carbocycles. The van der Waals surface area contributed by atoms with E-state index in [1.807, 2.05) is 0 Å². The maximum absolute atomic E-state index is 12.1.